The Kier molecular flexibility index (Phi) is 4.57. The number of furan rings is 1. The predicted octanol–water partition coefficient (Wildman–Crippen LogP) is 1.80. The van der Waals surface area contributed by atoms with Gasteiger partial charge in [0.1, 0.15) is 24.5 Å². The molecular formula is C13H20N4O2. The van der Waals surface area contributed by atoms with E-state index >= 15 is 0 Å². The van der Waals surface area contributed by atoms with E-state index in [-0.39, 0.29) is 0 Å². The smallest absolute Gasteiger partial charge is 0.335 e. The van der Waals surface area contributed by atoms with E-state index in [9.17, 15) is 0 Å². The first-order valence-corrected chi connectivity index (χ1v) is 6.46. The Morgan fingerprint density at radius 2 is 2.32 bits per heavy atom. The quantitative estimate of drug-likeness (QED) is 0.772. The van der Waals surface area contributed by atoms with E-state index in [4.69, 9.17) is 9.15 Å². The summed E-state index contributed by atoms with van der Waals surface area (Å²) in [5, 5.41) is 7.37. The van der Waals surface area contributed by atoms with Gasteiger partial charge in [-0.15, -0.1) is 5.10 Å². The molecule has 0 saturated heterocycles. The molecule has 0 fully saturated rings. The van der Waals surface area contributed by atoms with Gasteiger partial charge in [-0.1, -0.05) is 6.92 Å². The summed E-state index contributed by atoms with van der Waals surface area (Å²) < 4.78 is 12.8. The van der Waals surface area contributed by atoms with Gasteiger partial charge in [0.15, 0.2) is 0 Å². The van der Waals surface area contributed by atoms with E-state index < -0.39 is 0 Å². The molecule has 0 aliphatic carbocycles. The lowest BCUT2D eigenvalue weighted by atomic mass is 10.2. The molecule has 0 aromatic carbocycles. The minimum absolute atomic E-state index is 0.383. The van der Waals surface area contributed by atoms with Crippen LogP contribution >= 0.6 is 0 Å². The van der Waals surface area contributed by atoms with Crippen molar-refractivity contribution in [1.82, 2.24) is 20.1 Å². The van der Waals surface area contributed by atoms with Crippen molar-refractivity contribution in [3.05, 3.63) is 29.5 Å². The van der Waals surface area contributed by atoms with Crippen LogP contribution in [0.4, 0.5) is 0 Å². The molecule has 0 radical (unpaired) electrons. The lowest BCUT2D eigenvalue weighted by Gasteiger charge is -1.99. The molecule has 6 nitrogen and oxygen atoms in total. The lowest BCUT2D eigenvalue weighted by Crippen LogP contribution is -2.13. The van der Waals surface area contributed by atoms with Crippen molar-refractivity contribution in [2.45, 2.75) is 33.4 Å². The fourth-order valence-corrected chi connectivity index (χ4v) is 1.73. The summed E-state index contributed by atoms with van der Waals surface area (Å²) in [6.07, 6.45) is 2.72. The highest BCUT2D eigenvalue weighted by Gasteiger charge is 2.09. The molecule has 2 heterocycles. The number of ether oxygens (including phenoxy) is 1. The molecule has 0 spiro atoms. The molecule has 2 rings (SSSR count). The third-order valence-corrected chi connectivity index (χ3v) is 2.73. The molecule has 0 bridgehead atoms. The van der Waals surface area contributed by atoms with Crippen LogP contribution in [0.2, 0.25) is 0 Å². The van der Waals surface area contributed by atoms with Crippen molar-refractivity contribution < 1.29 is 9.15 Å². The minimum atomic E-state index is 0.383. The molecule has 0 saturated carbocycles. The molecule has 1 N–H and O–H groups in total. The molecule has 104 valence electrons. The molecule has 19 heavy (non-hydrogen) atoms. The van der Waals surface area contributed by atoms with Crippen molar-refractivity contribution in [2.75, 3.05) is 6.54 Å². The normalized spacial score (nSPS) is 10.9. The summed E-state index contributed by atoms with van der Waals surface area (Å²) in [6, 6.07) is 2.40. The predicted molar refractivity (Wildman–Crippen MR) is 70.8 cm³/mol. The maximum Gasteiger partial charge on any atom is 0.335 e. The second kappa shape index (κ2) is 6.38. The van der Waals surface area contributed by atoms with E-state index in [0.717, 1.165) is 36.6 Å². The van der Waals surface area contributed by atoms with Crippen LogP contribution in [0.1, 0.15) is 30.4 Å². The molecular weight excluding hydrogens is 244 g/mol. The van der Waals surface area contributed by atoms with Crippen molar-refractivity contribution in [3.63, 3.8) is 0 Å². The first-order valence-electron chi connectivity index (χ1n) is 6.46. The van der Waals surface area contributed by atoms with Crippen molar-refractivity contribution in [2.24, 2.45) is 7.05 Å². The number of aromatic nitrogens is 3. The molecule has 0 amide bonds. The van der Waals surface area contributed by atoms with E-state index in [1.165, 1.54) is 0 Å². The van der Waals surface area contributed by atoms with Crippen molar-refractivity contribution in [3.8, 4) is 6.01 Å². The van der Waals surface area contributed by atoms with Gasteiger partial charge >= 0.3 is 6.01 Å². The summed E-state index contributed by atoms with van der Waals surface area (Å²) in [6.45, 7) is 6.24. The van der Waals surface area contributed by atoms with Crippen LogP contribution in [0.5, 0.6) is 6.01 Å². The van der Waals surface area contributed by atoms with Gasteiger partial charge in [0, 0.05) is 12.6 Å². The Balaban J connectivity index is 1.89. The lowest BCUT2D eigenvalue weighted by molar-refractivity contribution is 0.277. The Hall–Kier alpha value is -1.82. The third-order valence-electron chi connectivity index (χ3n) is 2.73. The third kappa shape index (κ3) is 3.82. The second-order valence-electron chi connectivity index (χ2n) is 4.46. The van der Waals surface area contributed by atoms with Crippen LogP contribution in [0.3, 0.4) is 0 Å². The first-order chi connectivity index (χ1) is 9.19. The summed E-state index contributed by atoms with van der Waals surface area (Å²) in [7, 11) is 1.81. The Morgan fingerprint density at radius 1 is 1.47 bits per heavy atom. The molecule has 0 atom stereocenters. The average molecular weight is 264 g/mol. The van der Waals surface area contributed by atoms with Crippen LogP contribution in [-0.2, 0) is 20.2 Å². The number of hydrogen-bond donors (Lipinski definition) is 1. The fraction of sp³-hybridized carbons (Fsp3) is 0.538. The monoisotopic (exact) mass is 264 g/mol. The van der Waals surface area contributed by atoms with Gasteiger partial charge in [-0.25, -0.2) is 0 Å². The molecule has 0 unspecified atom stereocenters. The standard InChI is InChI=1S/C13H20N4O2/c1-4-5-14-7-12-6-11(10(2)19-12)8-18-13-15-9-17(3)16-13/h6,9,14H,4-5,7-8H2,1-3H3. The zero-order valence-electron chi connectivity index (χ0n) is 11.6. The van der Waals surface area contributed by atoms with Crippen molar-refractivity contribution in [1.29, 1.82) is 0 Å². The summed E-state index contributed by atoms with van der Waals surface area (Å²) in [5.41, 5.74) is 1.03. The topological polar surface area (TPSA) is 65.1 Å². The van der Waals surface area contributed by atoms with Crippen molar-refractivity contribution >= 4 is 0 Å². The number of hydrogen-bond acceptors (Lipinski definition) is 5. The zero-order chi connectivity index (χ0) is 13.7. The van der Waals surface area contributed by atoms with Crippen LogP contribution < -0.4 is 10.1 Å². The largest absolute Gasteiger partial charge is 0.465 e. The number of rotatable bonds is 7. The van der Waals surface area contributed by atoms with Gasteiger partial charge in [-0.05, 0) is 26.0 Å². The van der Waals surface area contributed by atoms with E-state index in [1.807, 2.05) is 13.0 Å². The highest BCUT2D eigenvalue weighted by atomic mass is 16.5. The summed E-state index contributed by atoms with van der Waals surface area (Å²) in [5.74, 6) is 1.81. The zero-order valence-corrected chi connectivity index (χ0v) is 11.6. The van der Waals surface area contributed by atoms with Crippen LogP contribution in [0.15, 0.2) is 16.8 Å². The molecule has 2 aromatic heterocycles. The highest BCUT2D eigenvalue weighted by Crippen LogP contribution is 2.16. The van der Waals surface area contributed by atoms with Gasteiger partial charge in [0.05, 0.1) is 6.54 Å². The maximum atomic E-state index is 5.67. The van der Waals surface area contributed by atoms with Gasteiger partial charge in [0.25, 0.3) is 0 Å². The SMILES string of the molecule is CCCNCc1cc(COc2ncn(C)n2)c(C)o1. The second-order valence-corrected chi connectivity index (χ2v) is 4.46. The molecule has 6 heteroatoms. The van der Waals surface area contributed by atoms with E-state index in [1.54, 1.807) is 18.1 Å². The van der Waals surface area contributed by atoms with Crippen LogP contribution in [0.25, 0.3) is 0 Å². The average Bonchev–Trinajstić information content (AvgIpc) is 2.94. The van der Waals surface area contributed by atoms with Gasteiger partial charge < -0.3 is 14.5 Å². The molecule has 0 aliphatic rings. The number of nitrogens with one attached hydrogen (secondary N) is 1. The number of nitrogens with zero attached hydrogens (tertiary/aromatic N) is 3. The Labute approximate surface area is 112 Å². The van der Waals surface area contributed by atoms with Gasteiger partial charge in [-0.3, -0.25) is 4.68 Å². The van der Waals surface area contributed by atoms with E-state index in [0.29, 0.717) is 12.6 Å². The first kappa shape index (κ1) is 13.6. The summed E-state index contributed by atoms with van der Waals surface area (Å²) >= 11 is 0. The van der Waals surface area contributed by atoms with E-state index in [2.05, 4.69) is 22.3 Å². The van der Waals surface area contributed by atoms with Gasteiger partial charge in [-0.2, -0.15) is 4.98 Å². The number of aryl methyl sites for hydroxylation is 2. The Bertz CT molecular complexity index is 518. The van der Waals surface area contributed by atoms with Crippen LogP contribution in [0, 0.1) is 6.92 Å². The Morgan fingerprint density at radius 3 is 3.00 bits per heavy atom. The maximum absolute atomic E-state index is 5.67. The van der Waals surface area contributed by atoms with Gasteiger partial charge in [0.2, 0.25) is 0 Å². The highest BCUT2D eigenvalue weighted by molar-refractivity contribution is 5.20. The molecule has 0 aliphatic heterocycles. The minimum Gasteiger partial charge on any atom is -0.465 e. The summed E-state index contributed by atoms with van der Waals surface area (Å²) in [4.78, 5) is 4.01. The van der Waals surface area contributed by atoms with Crippen LogP contribution in [-0.4, -0.2) is 21.3 Å². The molecule has 2 aromatic rings. The fourth-order valence-electron chi connectivity index (χ4n) is 1.73.